The third-order valence-corrected chi connectivity index (χ3v) is 11.4. The molecule has 4 fully saturated rings. The van der Waals surface area contributed by atoms with E-state index in [-0.39, 0.29) is 30.1 Å². The molecule has 0 radical (unpaired) electrons. The summed E-state index contributed by atoms with van der Waals surface area (Å²) in [7, 11) is 0. The number of carbonyl (C=O) groups excluding carboxylic acids is 2. The molecule has 5 aliphatic rings. The van der Waals surface area contributed by atoms with Crippen LogP contribution in [0.25, 0.3) is 0 Å². The van der Waals surface area contributed by atoms with Crippen LogP contribution in [0.4, 0.5) is 0 Å². The second-order valence-electron chi connectivity index (χ2n) is 13.6. The maximum atomic E-state index is 13.8. The van der Waals surface area contributed by atoms with Crippen molar-refractivity contribution in [2.45, 2.75) is 70.2 Å². The van der Waals surface area contributed by atoms with E-state index >= 15 is 0 Å². The summed E-state index contributed by atoms with van der Waals surface area (Å²) in [6.45, 7) is 3.47. The smallest absolute Gasteiger partial charge is 0.193 e. The number of ketones is 2. The molecule has 0 unspecified atom stereocenters. The fourth-order valence-corrected chi connectivity index (χ4v) is 9.44. The van der Waals surface area contributed by atoms with Gasteiger partial charge in [-0.25, -0.2) is 0 Å². The SMILES string of the molecule is C[C@]12C=CC(=O)C=C1CC[C@@H]1[C@@H]2[C@@H](O)C[C@@]2(C)[C@H]1C[C@H]1O[C@@H](c3cccc(C#Cc4ccc(CO)cc4)c3)O[C@]12C(=O)CO. The fraction of sp³-hybridized carbons (Fsp3) is 0.459. The van der Waals surface area contributed by atoms with Gasteiger partial charge < -0.3 is 24.8 Å². The van der Waals surface area contributed by atoms with Crippen molar-refractivity contribution in [1.29, 1.82) is 0 Å². The Hall–Kier alpha value is -3.38. The summed E-state index contributed by atoms with van der Waals surface area (Å²) in [5.41, 5.74) is 1.65. The average molecular weight is 595 g/mol. The number of fused-ring (bicyclic) bond motifs is 7. The lowest BCUT2D eigenvalue weighted by molar-refractivity contribution is -0.201. The molecule has 0 spiro atoms. The van der Waals surface area contributed by atoms with Gasteiger partial charge in [-0.2, -0.15) is 0 Å². The molecule has 1 aliphatic heterocycles. The van der Waals surface area contributed by atoms with Crippen LogP contribution in [0.3, 0.4) is 0 Å². The third-order valence-electron chi connectivity index (χ3n) is 11.4. The monoisotopic (exact) mass is 594 g/mol. The Kier molecular flexibility index (Phi) is 7.08. The molecule has 228 valence electrons. The van der Waals surface area contributed by atoms with Crippen LogP contribution in [0, 0.1) is 40.4 Å². The molecule has 2 aromatic rings. The highest BCUT2D eigenvalue weighted by atomic mass is 16.7. The van der Waals surface area contributed by atoms with Gasteiger partial charge in [0.1, 0.15) is 6.61 Å². The summed E-state index contributed by atoms with van der Waals surface area (Å²) in [5, 5.41) is 31.4. The second kappa shape index (κ2) is 10.6. The van der Waals surface area contributed by atoms with Crippen LogP contribution < -0.4 is 0 Å². The van der Waals surface area contributed by atoms with E-state index in [0.717, 1.165) is 40.7 Å². The molecule has 7 heteroatoms. The molecule has 3 saturated carbocycles. The van der Waals surface area contributed by atoms with Gasteiger partial charge in [0.2, 0.25) is 0 Å². The number of carbonyl (C=O) groups is 2. The Morgan fingerprint density at radius 2 is 1.84 bits per heavy atom. The number of hydrogen-bond donors (Lipinski definition) is 3. The maximum absolute atomic E-state index is 13.8. The van der Waals surface area contributed by atoms with Gasteiger partial charge in [-0.1, -0.05) is 61.6 Å². The summed E-state index contributed by atoms with van der Waals surface area (Å²) < 4.78 is 13.3. The number of Topliss-reactive ketones (excluding diaryl/α,β-unsaturated/α-hetero) is 1. The van der Waals surface area contributed by atoms with Gasteiger partial charge in [0.05, 0.1) is 18.8 Å². The van der Waals surface area contributed by atoms with E-state index in [1.807, 2.05) is 61.5 Å². The Labute approximate surface area is 257 Å². The van der Waals surface area contributed by atoms with Crippen LogP contribution in [-0.4, -0.2) is 51.3 Å². The van der Waals surface area contributed by atoms with E-state index in [1.54, 1.807) is 12.2 Å². The first-order chi connectivity index (χ1) is 21.1. The van der Waals surface area contributed by atoms with Crippen LogP contribution in [0.1, 0.15) is 68.1 Å². The van der Waals surface area contributed by atoms with E-state index in [0.29, 0.717) is 12.8 Å². The van der Waals surface area contributed by atoms with E-state index in [4.69, 9.17) is 9.47 Å². The molecule has 1 heterocycles. The lowest BCUT2D eigenvalue weighted by Crippen LogP contribution is -2.63. The topological polar surface area (TPSA) is 113 Å². The minimum absolute atomic E-state index is 0.00597. The number of aliphatic hydroxyl groups excluding tert-OH is 3. The number of benzene rings is 2. The molecule has 0 aromatic heterocycles. The predicted molar refractivity (Wildman–Crippen MR) is 162 cm³/mol. The van der Waals surface area contributed by atoms with Gasteiger partial charge in [0.15, 0.2) is 23.5 Å². The van der Waals surface area contributed by atoms with Crippen LogP contribution >= 0.6 is 0 Å². The van der Waals surface area contributed by atoms with E-state index in [1.165, 1.54) is 0 Å². The molecule has 9 atom stereocenters. The molecule has 4 aliphatic carbocycles. The minimum atomic E-state index is -1.39. The number of allylic oxidation sites excluding steroid dienone is 4. The lowest BCUT2D eigenvalue weighted by Gasteiger charge is -2.59. The first kappa shape index (κ1) is 29.3. The second-order valence-corrected chi connectivity index (χ2v) is 13.6. The Balaban J connectivity index is 1.19. The van der Waals surface area contributed by atoms with Crippen molar-refractivity contribution < 1.29 is 34.4 Å². The zero-order valence-electron chi connectivity index (χ0n) is 25.0. The first-order valence-electron chi connectivity index (χ1n) is 15.5. The summed E-state index contributed by atoms with van der Waals surface area (Å²) >= 11 is 0. The van der Waals surface area contributed by atoms with E-state index in [9.17, 15) is 24.9 Å². The van der Waals surface area contributed by atoms with E-state index in [2.05, 4.69) is 18.8 Å². The van der Waals surface area contributed by atoms with Gasteiger partial charge in [-0.3, -0.25) is 9.59 Å². The van der Waals surface area contributed by atoms with Gasteiger partial charge in [-0.15, -0.1) is 0 Å². The van der Waals surface area contributed by atoms with Crippen LogP contribution in [0.5, 0.6) is 0 Å². The number of hydrogen-bond acceptors (Lipinski definition) is 7. The molecule has 2 aromatic carbocycles. The fourth-order valence-electron chi connectivity index (χ4n) is 9.44. The van der Waals surface area contributed by atoms with Crippen molar-refractivity contribution in [3.63, 3.8) is 0 Å². The average Bonchev–Trinajstić information content (AvgIpc) is 3.53. The zero-order chi connectivity index (χ0) is 30.9. The minimum Gasteiger partial charge on any atom is -0.393 e. The van der Waals surface area contributed by atoms with Crippen LogP contribution in [0.2, 0.25) is 0 Å². The van der Waals surface area contributed by atoms with Crippen molar-refractivity contribution in [2.24, 2.45) is 28.6 Å². The summed E-state index contributed by atoms with van der Waals surface area (Å²) in [6, 6.07) is 15.0. The molecule has 1 saturated heterocycles. The summed E-state index contributed by atoms with van der Waals surface area (Å²) in [5.74, 6) is 5.97. The first-order valence-corrected chi connectivity index (χ1v) is 15.5. The van der Waals surface area contributed by atoms with Crippen LogP contribution in [0.15, 0.2) is 72.3 Å². The van der Waals surface area contributed by atoms with Crippen molar-refractivity contribution in [2.75, 3.05) is 6.61 Å². The molecule has 3 N–H and O–H groups in total. The normalized spacial score (nSPS) is 38.5. The molecule has 7 rings (SSSR count). The Morgan fingerprint density at radius 1 is 1.07 bits per heavy atom. The highest BCUT2D eigenvalue weighted by Crippen LogP contribution is 2.70. The number of rotatable bonds is 4. The third kappa shape index (κ3) is 4.23. The maximum Gasteiger partial charge on any atom is 0.193 e. The van der Waals surface area contributed by atoms with Crippen LogP contribution in [-0.2, 0) is 25.7 Å². The highest BCUT2D eigenvalue weighted by Gasteiger charge is 2.75. The highest BCUT2D eigenvalue weighted by molar-refractivity contribution is 6.01. The van der Waals surface area contributed by atoms with Crippen molar-refractivity contribution in [3.05, 3.63) is 94.6 Å². The van der Waals surface area contributed by atoms with Gasteiger partial charge in [0, 0.05) is 33.4 Å². The standard InChI is InChI=1S/C37H38O7/c1-35-15-14-27(40)17-26(35)12-13-28-29-18-32-37(31(42)21-39,36(29,2)19-30(41)33(28)35)44-34(43-32)25-5-3-4-23(16-25)9-6-22-7-10-24(20-38)11-8-22/h3-5,7-8,10-11,14-17,28-30,32-34,38-39,41H,12-13,18-21H2,1-2H3/t28-,29-,30-,32+,33+,34+,35-,36-,37+/m0/s1. The quantitative estimate of drug-likeness (QED) is 0.455. The van der Waals surface area contributed by atoms with Gasteiger partial charge in [-0.05, 0) is 79.5 Å². The number of aliphatic hydroxyl groups is 3. The summed E-state index contributed by atoms with van der Waals surface area (Å²) in [6.07, 6.45) is 5.73. The molecular formula is C37H38O7. The zero-order valence-corrected chi connectivity index (χ0v) is 25.0. The molecule has 7 nitrogen and oxygen atoms in total. The van der Waals surface area contributed by atoms with E-state index < -0.39 is 47.3 Å². The Morgan fingerprint density at radius 3 is 2.59 bits per heavy atom. The summed E-state index contributed by atoms with van der Waals surface area (Å²) in [4.78, 5) is 26.0. The van der Waals surface area contributed by atoms with Crippen molar-refractivity contribution >= 4 is 11.6 Å². The largest absolute Gasteiger partial charge is 0.393 e. The molecule has 0 amide bonds. The van der Waals surface area contributed by atoms with Crippen molar-refractivity contribution in [1.82, 2.24) is 0 Å². The molecular weight excluding hydrogens is 556 g/mol. The Bertz CT molecular complexity index is 1630. The molecule has 44 heavy (non-hydrogen) atoms. The predicted octanol–water partition coefficient (Wildman–Crippen LogP) is 4.18. The van der Waals surface area contributed by atoms with Gasteiger partial charge in [0.25, 0.3) is 0 Å². The molecule has 0 bridgehead atoms. The number of ether oxygens (including phenoxy) is 2. The van der Waals surface area contributed by atoms with Gasteiger partial charge >= 0.3 is 0 Å². The lowest BCUT2D eigenvalue weighted by atomic mass is 9.46. The van der Waals surface area contributed by atoms with Crippen molar-refractivity contribution in [3.8, 4) is 11.8 Å².